The number of anilines is 1. The highest BCUT2D eigenvalue weighted by molar-refractivity contribution is 9.10. The lowest BCUT2D eigenvalue weighted by Gasteiger charge is -2.35. The number of halogens is 1. The molecule has 1 aromatic rings. The summed E-state index contributed by atoms with van der Waals surface area (Å²) in [4.78, 5) is 27.4. The molecular weight excluding hydrogens is 324 g/mol. The van der Waals surface area contributed by atoms with Gasteiger partial charge in [0.25, 0.3) is 5.91 Å². The van der Waals surface area contributed by atoms with Crippen molar-refractivity contribution in [2.24, 2.45) is 0 Å². The number of carbonyl (C=O) groups excluding carboxylic acids is 2. The number of pyridine rings is 1. The SMILES string of the molecule is O=C1NC(=O)C2(CCC(Nc3cc(Br)ccn3)CC2)N1. The number of rotatable bonds is 2. The van der Waals surface area contributed by atoms with E-state index in [4.69, 9.17) is 0 Å². The highest BCUT2D eigenvalue weighted by Gasteiger charge is 2.47. The average Bonchev–Trinajstić information content (AvgIpc) is 2.67. The monoisotopic (exact) mass is 338 g/mol. The molecule has 2 fully saturated rings. The zero-order valence-electron chi connectivity index (χ0n) is 10.8. The number of amides is 3. The molecule has 1 saturated heterocycles. The number of nitrogens with one attached hydrogen (secondary N) is 3. The van der Waals surface area contributed by atoms with E-state index < -0.39 is 5.54 Å². The van der Waals surface area contributed by atoms with Crippen LogP contribution in [-0.2, 0) is 4.79 Å². The topological polar surface area (TPSA) is 83.1 Å². The van der Waals surface area contributed by atoms with Crippen molar-refractivity contribution in [2.75, 3.05) is 5.32 Å². The second-order valence-electron chi connectivity index (χ2n) is 5.27. The predicted molar refractivity (Wildman–Crippen MR) is 77.2 cm³/mol. The largest absolute Gasteiger partial charge is 0.367 e. The molecule has 6 nitrogen and oxygen atoms in total. The molecule has 1 aromatic heterocycles. The van der Waals surface area contributed by atoms with E-state index in [-0.39, 0.29) is 18.0 Å². The average molecular weight is 339 g/mol. The lowest BCUT2D eigenvalue weighted by molar-refractivity contribution is -0.125. The quantitative estimate of drug-likeness (QED) is 0.718. The van der Waals surface area contributed by atoms with Crippen LogP contribution in [-0.4, -0.2) is 28.5 Å². The third kappa shape index (κ3) is 2.49. The third-order valence-corrected chi connectivity index (χ3v) is 4.42. The zero-order chi connectivity index (χ0) is 14.2. The van der Waals surface area contributed by atoms with E-state index >= 15 is 0 Å². The maximum Gasteiger partial charge on any atom is 0.322 e. The summed E-state index contributed by atoms with van der Waals surface area (Å²) in [6.45, 7) is 0. The molecular formula is C13H15BrN4O2. The van der Waals surface area contributed by atoms with Crippen molar-refractivity contribution in [2.45, 2.75) is 37.3 Å². The van der Waals surface area contributed by atoms with Gasteiger partial charge in [-0.05, 0) is 37.8 Å². The van der Waals surface area contributed by atoms with E-state index in [1.807, 2.05) is 12.1 Å². The van der Waals surface area contributed by atoms with Gasteiger partial charge in [0.1, 0.15) is 11.4 Å². The Morgan fingerprint density at radius 1 is 1.35 bits per heavy atom. The van der Waals surface area contributed by atoms with E-state index in [1.54, 1.807) is 6.20 Å². The fraction of sp³-hybridized carbons (Fsp3) is 0.462. The van der Waals surface area contributed by atoms with Crippen LogP contribution in [0, 0.1) is 0 Å². The van der Waals surface area contributed by atoms with Crippen LogP contribution in [0.1, 0.15) is 25.7 Å². The maximum atomic E-state index is 11.8. The molecule has 0 aromatic carbocycles. The van der Waals surface area contributed by atoms with Crippen molar-refractivity contribution in [1.82, 2.24) is 15.6 Å². The van der Waals surface area contributed by atoms with E-state index in [9.17, 15) is 9.59 Å². The van der Waals surface area contributed by atoms with Crippen LogP contribution in [0.15, 0.2) is 22.8 Å². The Labute approximate surface area is 124 Å². The lowest BCUT2D eigenvalue weighted by Crippen LogP contribution is -2.51. The zero-order valence-corrected chi connectivity index (χ0v) is 12.4. The minimum Gasteiger partial charge on any atom is -0.367 e. The van der Waals surface area contributed by atoms with Crippen LogP contribution >= 0.6 is 15.9 Å². The van der Waals surface area contributed by atoms with Crippen LogP contribution in [0.4, 0.5) is 10.6 Å². The van der Waals surface area contributed by atoms with Gasteiger partial charge in [-0.3, -0.25) is 10.1 Å². The highest BCUT2D eigenvalue weighted by atomic mass is 79.9. The lowest BCUT2D eigenvalue weighted by atomic mass is 9.79. The Balaban J connectivity index is 1.62. The van der Waals surface area contributed by atoms with Crippen molar-refractivity contribution in [3.63, 3.8) is 0 Å². The van der Waals surface area contributed by atoms with Crippen molar-refractivity contribution < 1.29 is 9.59 Å². The Kier molecular flexibility index (Phi) is 3.37. The van der Waals surface area contributed by atoms with Gasteiger partial charge in [0.15, 0.2) is 0 Å². The van der Waals surface area contributed by atoms with Crippen LogP contribution in [0.3, 0.4) is 0 Å². The first kappa shape index (κ1) is 13.4. The first-order valence-electron chi connectivity index (χ1n) is 6.59. The number of imide groups is 1. The minimum atomic E-state index is -0.694. The first-order chi connectivity index (χ1) is 9.57. The van der Waals surface area contributed by atoms with Gasteiger partial charge in [-0.2, -0.15) is 0 Å². The molecule has 0 radical (unpaired) electrons. The molecule has 1 saturated carbocycles. The normalized spacial score (nSPS) is 29.1. The van der Waals surface area contributed by atoms with E-state index in [2.05, 4.69) is 36.9 Å². The number of hydrogen-bond donors (Lipinski definition) is 3. The van der Waals surface area contributed by atoms with Crippen molar-refractivity contribution in [1.29, 1.82) is 0 Å². The standard InChI is InChI=1S/C13H15BrN4O2/c14-8-3-6-15-10(7-8)16-9-1-4-13(5-2-9)11(19)17-12(20)18-13/h3,6-7,9H,1-2,4-5H2,(H,15,16)(H2,17,18,19,20). The molecule has 0 unspecified atom stereocenters. The van der Waals surface area contributed by atoms with Gasteiger partial charge < -0.3 is 10.6 Å². The van der Waals surface area contributed by atoms with Gasteiger partial charge >= 0.3 is 6.03 Å². The van der Waals surface area contributed by atoms with Crippen molar-refractivity contribution in [3.05, 3.63) is 22.8 Å². The van der Waals surface area contributed by atoms with Gasteiger partial charge in [-0.15, -0.1) is 0 Å². The maximum absolute atomic E-state index is 11.8. The van der Waals surface area contributed by atoms with Gasteiger partial charge in [0, 0.05) is 16.7 Å². The molecule has 1 aliphatic heterocycles. The van der Waals surface area contributed by atoms with Crippen LogP contribution < -0.4 is 16.0 Å². The summed E-state index contributed by atoms with van der Waals surface area (Å²) in [6.07, 6.45) is 4.68. The Bertz CT molecular complexity index is 555. The van der Waals surface area contributed by atoms with Gasteiger partial charge in [-0.1, -0.05) is 15.9 Å². The minimum absolute atomic E-state index is 0.193. The fourth-order valence-electron chi connectivity index (χ4n) is 2.83. The molecule has 3 N–H and O–H groups in total. The number of urea groups is 1. The Morgan fingerprint density at radius 3 is 2.70 bits per heavy atom. The molecule has 2 heterocycles. The van der Waals surface area contributed by atoms with Gasteiger partial charge in [0.2, 0.25) is 0 Å². The number of nitrogens with zero attached hydrogens (tertiary/aromatic N) is 1. The van der Waals surface area contributed by atoms with Gasteiger partial charge in [0.05, 0.1) is 0 Å². The third-order valence-electron chi connectivity index (χ3n) is 3.93. The first-order valence-corrected chi connectivity index (χ1v) is 7.38. The summed E-state index contributed by atoms with van der Waals surface area (Å²) in [6, 6.07) is 3.69. The van der Waals surface area contributed by atoms with E-state index in [1.165, 1.54) is 0 Å². The van der Waals surface area contributed by atoms with Crippen molar-refractivity contribution >= 4 is 33.7 Å². The van der Waals surface area contributed by atoms with E-state index in [0.717, 1.165) is 23.1 Å². The number of aromatic nitrogens is 1. The Hall–Kier alpha value is -1.63. The molecule has 3 rings (SSSR count). The molecule has 1 aliphatic carbocycles. The molecule has 0 atom stereocenters. The summed E-state index contributed by atoms with van der Waals surface area (Å²) in [5, 5.41) is 8.45. The van der Waals surface area contributed by atoms with E-state index in [0.29, 0.717) is 12.8 Å². The Morgan fingerprint density at radius 2 is 2.10 bits per heavy atom. The second kappa shape index (κ2) is 5.05. The van der Waals surface area contributed by atoms with Crippen molar-refractivity contribution in [3.8, 4) is 0 Å². The predicted octanol–water partition coefficient (Wildman–Crippen LogP) is 1.78. The molecule has 106 valence electrons. The highest BCUT2D eigenvalue weighted by Crippen LogP contribution is 2.32. The molecule has 2 aliphatic rings. The summed E-state index contributed by atoms with van der Waals surface area (Å²) in [5.74, 6) is 0.627. The smallest absolute Gasteiger partial charge is 0.322 e. The molecule has 3 amide bonds. The summed E-state index contributed by atoms with van der Waals surface area (Å²) in [5.41, 5.74) is -0.694. The molecule has 7 heteroatoms. The second-order valence-corrected chi connectivity index (χ2v) is 6.18. The molecule has 20 heavy (non-hydrogen) atoms. The summed E-state index contributed by atoms with van der Waals surface area (Å²) in [7, 11) is 0. The summed E-state index contributed by atoms with van der Waals surface area (Å²) < 4.78 is 0.977. The van der Waals surface area contributed by atoms with Crippen LogP contribution in [0.25, 0.3) is 0 Å². The van der Waals surface area contributed by atoms with Crippen LogP contribution in [0.5, 0.6) is 0 Å². The summed E-state index contributed by atoms with van der Waals surface area (Å²) >= 11 is 3.41. The van der Waals surface area contributed by atoms with Gasteiger partial charge in [-0.25, -0.2) is 9.78 Å². The fourth-order valence-corrected chi connectivity index (χ4v) is 3.16. The molecule has 1 spiro atoms. The number of carbonyl (C=O) groups is 2. The van der Waals surface area contributed by atoms with Crippen LogP contribution in [0.2, 0.25) is 0 Å². The number of hydrogen-bond acceptors (Lipinski definition) is 4. The molecule has 0 bridgehead atoms.